The number of hydrogen-bond donors (Lipinski definition) is 0. The number of thioether (sulfide) groups is 1. The first-order valence-electron chi connectivity index (χ1n) is 8.40. The molecular formula is C18H21N3O2S. The molecule has 24 heavy (non-hydrogen) atoms. The van der Waals surface area contributed by atoms with E-state index in [0.717, 1.165) is 51.4 Å². The van der Waals surface area contributed by atoms with Crippen LogP contribution < -0.4 is 0 Å². The second-order valence-electron chi connectivity index (χ2n) is 6.83. The minimum atomic E-state index is -0.180. The van der Waals surface area contributed by atoms with Crippen molar-refractivity contribution in [1.82, 2.24) is 15.0 Å². The first-order valence-corrected chi connectivity index (χ1v) is 9.39. The van der Waals surface area contributed by atoms with Gasteiger partial charge in [0.15, 0.2) is 5.58 Å². The van der Waals surface area contributed by atoms with Gasteiger partial charge in [0, 0.05) is 12.0 Å². The zero-order chi connectivity index (χ0) is 16.7. The van der Waals surface area contributed by atoms with Crippen molar-refractivity contribution in [2.75, 3.05) is 5.75 Å². The van der Waals surface area contributed by atoms with Crippen LogP contribution in [0.3, 0.4) is 0 Å². The van der Waals surface area contributed by atoms with Gasteiger partial charge in [-0.15, -0.1) is 11.8 Å². The van der Waals surface area contributed by atoms with Crippen LogP contribution in [-0.4, -0.2) is 26.3 Å². The molecule has 0 aromatic carbocycles. The number of fused-ring (bicyclic) bond motifs is 4. The predicted octanol–water partition coefficient (Wildman–Crippen LogP) is 4.51. The Labute approximate surface area is 145 Å². The summed E-state index contributed by atoms with van der Waals surface area (Å²) in [6.07, 6.45) is 4.74. The average molecular weight is 343 g/mol. The van der Waals surface area contributed by atoms with Crippen molar-refractivity contribution in [3.05, 3.63) is 23.7 Å². The summed E-state index contributed by atoms with van der Waals surface area (Å²) in [4.78, 5) is 13.6. The summed E-state index contributed by atoms with van der Waals surface area (Å²) in [6.45, 7) is 6.96. The first-order chi connectivity index (χ1) is 11.6. The zero-order valence-corrected chi connectivity index (χ0v) is 15.1. The van der Waals surface area contributed by atoms with Crippen molar-refractivity contribution in [2.45, 2.75) is 57.3 Å². The van der Waals surface area contributed by atoms with Crippen molar-refractivity contribution < 1.29 is 9.15 Å². The molecular weight excluding hydrogens is 322 g/mol. The largest absolute Gasteiger partial charge is 0.433 e. The third kappa shape index (κ3) is 2.78. The summed E-state index contributed by atoms with van der Waals surface area (Å²) in [7, 11) is 0. The Morgan fingerprint density at radius 2 is 2.17 bits per heavy atom. The lowest BCUT2D eigenvalue weighted by Crippen LogP contribution is -2.32. The maximum atomic E-state index is 6.05. The number of furan rings is 1. The fourth-order valence-electron chi connectivity index (χ4n) is 2.98. The Morgan fingerprint density at radius 1 is 1.29 bits per heavy atom. The number of rotatable bonds is 4. The molecule has 0 saturated heterocycles. The van der Waals surface area contributed by atoms with Crippen molar-refractivity contribution >= 4 is 34.0 Å². The predicted molar refractivity (Wildman–Crippen MR) is 95.3 cm³/mol. The van der Waals surface area contributed by atoms with Crippen molar-refractivity contribution in [1.29, 1.82) is 0 Å². The zero-order valence-electron chi connectivity index (χ0n) is 14.3. The van der Waals surface area contributed by atoms with E-state index in [1.165, 1.54) is 6.42 Å². The molecule has 0 saturated carbocycles. The summed E-state index contributed by atoms with van der Waals surface area (Å²) >= 11 is 1.72. The van der Waals surface area contributed by atoms with Gasteiger partial charge in [-0.2, -0.15) is 0 Å². The maximum Gasteiger partial charge on any atom is 0.229 e. The average Bonchev–Trinajstić information content (AvgIpc) is 2.90. The smallest absolute Gasteiger partial charge is 0.229 e. The second-order valence-corrected chi connectivity index (χ2v) is 7.92. The molecule has 6 heteroatoms. The molecule has 1 aliphatic rings. The van der Waals surface area contributed by atoms with Crippen molar-refractivity contribution in [3.8, 4) is 0 Å². The molecule has 0 fully saturated rings. The van der Waals surface area contributed by atoms with Gasteiger partial charge in [0.05, 0.1) is 23.3 Å². The molecule has 0 amide bonds. The highest BCUT2D eigenvalue weighted by molar-refractivity contribution is 7.99. The Kier molecular flexibility index (Phi) is 3.96. The SMILES string of the molecule is CCCCSc1ncnc2c1oc1nc3c(cc12)COC(C)(C)C3. The van der Waals surface area contributed by atoms with Crippen LogP contribution in [0.4, 0.5) is 0 Å². The standard InChI is InChI=1S/C18H21N3O2S/c1-4-5-6-24-17-15-14(19-10-20-17)12-7-11-9-22-18(2,3)8-13(11)21-16(12)23-15/h7,10H,4-6,8-9H2,1-3H3. The molecule has 0 spiro atoms. The monoisotopic (exact) mass is 343 g/mol. The van der Waals surface area contributed by atoms with Crippen LogP contribution >= 0.6 is 11.8 Å². The van der Waals surface area contributed by atoms with Crippen LogP contribution in [-0.2, 0) is 17.8 Å². The van der Waals surface area contributed by atoms with Crippen LogP contribution in [0.2, 0.25) is 0 Å². The number of ether oxygens (including phenoxy) is 1. The molecule has 0 atom stereocenters. The minimum Gasteiger partial charge on any atom is -0.433 e. The molecule has 3 aromatic rings. The molecule has 0 N–H and O–H groups in total. The number of hydrogen-bond acceptors (Lipinski definition) is 6. The summed E-state index contributed by atoms with van der Waals surface area (Å²) in [5.41, 5.74) is 4.26. The van der Waals surface area contributed by atoms with Crippen LogP contribution in [0.15, 0.2) is 21.8 Å². The molecule has 0 aliphatic carbocycles. The molecule has 0 bridgehead atoms. The molecule has 3 aromatic heterocycles. The Bertz CT molecular complexity index is 904. The van der Waals surface area contributed by atoms with Crippen LogP contribution in [0.25, 0.3) is 22.2 Å². The summed E-state index contributed by atoms with van der Waals surface area (Å²) in [6, 6.07) is 2.12. The van der Waals surface area contributed by atoms with Crippen LogP contribution in [0, 0.1) is 0 Å². The van der Waals surface area contributed by atoms with E-state index >= 15 is 0 Å². The van der Waals surface area contributed by atoms with E-state index in [-0.39, 0.29) is 5.60 Å². The lowest BCUT2D eigenvalue weighted by Gasteiger charge is -2.30. The first kappa shape index (κ1) is 15.8. The quantitative estimate of drug-likeness (QED) is 0.394. The van der Waals surface area contributed by atoms with Gasteiger partial charge < -0.3 is 9.15 Å². The van der Waals surface area contributed by atoms with E-state index in [0.29, 0.717) is 12.3 Å². The normalized spacial score (nSPS) is 16.6. The molecule has 126 valence electrons. The third-order valence-corrected chi connectivity index (χ3v) is 5.39. The summed E-state index contributed by atoms with van der Waals surface area (Å²) in [5.74, 6) is 1.03. The lowest BCUT2D eigenvalue weighted by molar-refractivity contribution is -0.0411. The second kappa shape index (κ2) is 6.01. The van der Waals surface area contributed by atoms with E-state index in [1.807, 2.05) is 0 Å². The summed E-state index contributed by atoms with van der Waals surface area (Å²) < 4.78 is 12.0. The Morgan fingerprint density at radius 3 is 3.00 bits per heavy atom. The highest BCUT2D eigenvalue weighted by Crippen LogP contribution is 2.35. The molecule has 4 heterocycles. The van der Waals surface area contributed by atoms with Crippen molar-refractivity contribution in [2.24, 2.45) is 0 Å². The van der Waals surface area contributed by atoms with E-state index in [9.17, 15) is 0 Å². The topological polar surface area (TPSA) is 61.0 Å². The third-order valence-electron chi connectivity index (χ3n) is 4.33. The summed E-state index contributed by atoms with van der Waals surface area (Å²) in [5, 5.41) is 1.85. The van der Waals surface area contributed by atoms with E-state index in [4.69, 9.17) is 14.1 Å². The molecule has 0 radical (unpaired) electrons. The van der Waals surface area contributed by atoms with E-state index in [2.05, 4.69) is 36.8 Å². The Balaban J connectivity index is 1.81. The van der Waals surface area contributed by atoms with E-state index < -0.39 is 0 Å². The van der Waals surface area contributed by atoms with Gasteiger partial charge in [-0.1, -0.05) is 13.3 Å². The van der Waals surface area contributed by atoms with Gasteiger partial charge in [0.2, 0.25) is 5.71 Å². The van der Waals surface area contributed by atoms with Gasteiger partial charge in [0.25, 0.3) is 0 Å². The fourth-order valence-corrected chi connectivity index (χ4v) is 4.00. The van der Waals surface area contributed by atoms with Gasteiger partial charge in [-0.3, -0.25) is 0 Å². The maximum absolute atomic E-state index is 6.05. The Hall–Kier alpha value is -1.66. The fraction of sp³-hybridized carbons (Fsp3) is 0.500. The highest BCUT2D eigenvalue weighted by Gasteiger charge is 2.28. The van der Waals surface area contributed by atoms with E-state index in [1.54, 1.807) is 18.1 Å². The number of unbranched alkanes of at least 4 members (excludes halogenated alkanes) is 1. The number of aromatic nitrogens is 3. The number of nitrogens with zero attached hydrogens (tertiary/aromatic N) is 3. The van der Waals surface area contributed by atoms with Crippen LogP contribution in [0.1, 0.15) is 44.9 Å². The number of pyridine rings is 1. The highest BCUT2D eigenvalue weighted by atomic mass is 32.2. The van der Waals surface area contributed by atoms with Crippen LogP contribution in [0.5, 0.6) is 0 Å². The van der Waals surface area contributed by atoms with Gasteiger partial charge in [-0.25, -0.2) is 15.0 Å². The lowest BCUT2D eigenvalue weighted by atomic mass is 9.95. The van der Waals surface area contributed by atoms with Gasteiger partial charge >= 0.3 is 0 Å². The molecule has 5 nitrogen and oxygen atoms in total. The molecule has 0 unspecified atom stereocenters. The molecule has 4 rings (SSSR count). The van der Waals surface area contributed by atoms with Gasteiger partial charge in [-0.05, 0) is 32.1 Å². The van der Waals surface area contributed by atoms with Crippen molar-refractivity contribution in [3.63, 3.8) is 0 Å². The minimum absolute atomic E-state index is 0.180. The molecule has 1 aliphatic heterocycles. The van der Waals surface area contributed by atoms with Gasteiger partial charge in [0.1, 0.15) is 16.9 Å².